The Hall–Kier alpha value is -1.60. The average molecular weight is 316 g/mol. The number of halogens is 3. The number of benzene rings is 1. The van der Waals surface area contributed by atoms with E-state index in [0.717, 1.165) is 5.56 Å². The quantitative estimate of drug-likeness (QED) is 0.909. The lowest BCUT2D eigenvalue weighted by molar-refractivity contribution is -0.137. The third kappa shape index (κ3) is 3.54. The van der Waals surface area contributed by atoms with Gasteiger partial charge in [-0.25, -0.2) is 4.98 Å². The molecular formula is C14H15F3N2OS. The van der Waals surface area contributed by atoms with Gasteiger partial charge in [0.25, 0.3) is 0 Å². The van der Waals surface area contributed by atoms with Gasteiger partial charge in [0.05, 0.1) is 12.6 Å². The molecule has 0 aliphatic rings. The molecule has 0 aliphatic carbocycles. The first-order chi connectivity index (χ1) is 9.97. The number of hydrogen-bond donors (Lipinski definition) is 1. The maximum Gasteiger partial charge on any atom is 0.443 e. The second-order valence-corrected chi connectivity index (χ2v) is 5.32. The molecule has 1 heterocycles. The first-order valence-electron chi connectivity index (χ1n) is 6.39. The summed E-state index contributed by atoms with van der Waals surface area (Å²) < 4.78 is 43.6. The van der Waals surface area contributed by atoms with Gasteiger partial charge in [0, 0.05) is 16.6 Å². The van der Waals surface area contributed by atoms with Crippen molar-refractivity contribution in [1.82, 2.24) is 10.3 Å². The third-order valence-corrected chi connectivity index (χ3v) is 3.98. The van der Waals surface area contributed by atoms with Gasteiger partial charge in [-0.3, -0.25) is 0 Å². The second-order valence-electron chi connectivity index (χ2n) is 4.26. The highest BCUT2D eigenvalue weighted by Crippen LogP contribution is 2.37. The lowest BCUT2D eigenvalue weighted by Crippen LogP contribution is -2.17. The van der Waals surface area contributed by atoms with Crippen molar-refractivity contribution in [3.8, 4) is 5.75 Å². The Labute approximate surface area is 124 Å². The molecule has 0 bridgehead atoms. The van der Waals surface area contributed by atoms with Crippen LogP contribution in [-0.2, 0) is 6.18 Å². The molecule has 114 valence electrons. The van der Waals surface area contributed by atoms with E-state index in [1.54, 1.807) is 13.1 Å². The minimum Gasteiger partial charge on any atom is -0.494 e. The van der Waals surface area contributed by atoms with Gasteiger partial charge in [0.15, 0.2) is 5.01 Å². The summed E-state index contributed by atoms with van der Waals surface area (Å²) in [6, 6.07) is 6.90. The highest BCUT2D eigenvalue weighted by molar-refractivity contribution is 7.11. The van der Waals surface area contributed by atoms with Crippen molar-refractivity contribution in [3.63, 3.8) is 0 Å². The zero-order chi connectivity index (χ0) is 15.5. The molecule has 3 nitrogen and oxygen atoms in total. The van der Waals surface area contributed by atoms with E-state index in [2.05, 4.69) is 10.3 Å². The standard InChI is InChI=1S/C14H15F3N2OS/c1-3-20-10-7-5-4-6-9(10)12(18-2)11-8-19-13(21-11)14(15,16)17/h4-8,12,18H,3H2,1-2H3. The van der Waals surface area contributed by atoms with Gasteiger partial charge in [-0.15, -0.1) is 11.3 Å². The van der Waals surface area contributed by atoms with E-state index in [1.165, 1.54) is 6.20 Å². The fraction of sp³-hybridized carbons (Fsp3) is 0.357. The van der Waals surface area contributed by atoms with E-state index in [9.17, 15) is 13.2 Å². The average Bonchev–Trinajstić information content (AvgIpc) is 2.91. The third-order valence-electron chi connectivity index (χ3n) is 2.87. The Kier molecular flexibility index (Phi) is 4.84. The van der Waals surface area contributed by atoms with Gasteiger partial charge in [-0.2, -0.15) is 13.2 Å². The largest absolute Gasteiger partial charge is 0.494 e. The lowest BCUT2D eigenvalue weighted by atomic mass is 10.0. The van der Waals surface area contributed by atoms with Gasteiger partial charge in [0.2, 0.25) is 0 Å². The zero-order valence-electron chi connectivity index (χ0n) is 11.6. The van der Waals surface area contributed by atoms with Crippen LogP contribution in [0, 0.1) is 0 Å². The maximum atomic E-state index is 12.7. The summed E-state index contributed by atoms with van der Waals surface area (Å²) in [5.74, 6) is 0.654. The summed E-state index contributed by atoms with van der Waals surface area (Å²) in [5.41, 5.74) is 0.791. The lowest BCUT2D eigenvalue weighted by Gasteiger charge is -2.18. The van der Waals surface area contributed by atoms with Crippen molar-refractivity contribution >= 4 is 11.3 Å². The maximum absolute atomic E-state index is 12.7. The summed E-state index contributed by atoms with van der Waals surface area (Å²) >= 11 is 0.640. The molecule has 2 rings (SSSR count). The number of nitrogens with one attached hydrogen (secondary N) is 1. The molecule has 0 saturated carbocycles. The van der Waals surface area contributed by atoms with Crippen LogP contribution in [0.25, 0.3) is 0 Å². The van der Waals surface area contributed by atoms with Crippen molar-refractivity contribution in [2.24, 2.45) is 0 Å². The van der Waals surface area contributed by atoms with Crippen molar-refractivity contribution in [2.75, 3.05) is 13.7 Å². The zero-order valence-corrected chi connectivity index (χ0v) is 12.4. The van der Waals surface area contributed by atoms with Crippen LogP contribution in [0.3, 0.4) is 0 Å². The van der Waals surface area contributed by atoms with Crippen LogP contribution in [0.4, 0.5) is 13.2 Å². The van der Waals surface area contributed by atoms with Crippen molar-refractivity contribution < 1.29 is 17.9 Å². The van der Waals surface area contributed by atoms with Gasteiger partial charge >= 0.3 is 6.18 Å². The van der Waals surface area contributed by atoms with Gasteiger partial charge in [0.1, 0.15) is 5.75 Å². The van der Waals surface area contributed by atoms with E-state index in [0.29, 0.717) is 28.6 Å². The Bertz CT molecular complexity index is 598. The number of para-hydroxylation sites is 1. The molecule has 1 atom stereocenters. The van der Waals surface area contributed by atoms with Crippen LogP contribution in [0.15, 0.2) is 30.5 Å². The fourth-order valence-corrected chi connectivity index (χ4v) is 2.92. The Morgan fingerprint density at radius 1 is 1.33 bits per heavy atom. The topological polar surface area (TPSA) is 34.1 Å². The van der Waals surface area contributed by atoms with Crippen LogP contribution >= 0.6 is 11.3 Å². The highest BCUT2D eigenvalue weighted by atomic mass is 32.1. The van der Waals surface area contributed by atoms with Gasteiger partial charge < -0.3 is 10.1 Å². The summed E-state index contributed by atoms with van der Waals surface area (Å²) in [5, 5.41) is 2.18. The Morgan fingerprint density at radius 2 is 2.05 bits per heavy atom. The number of ether oxygens (including phenoxy) is 1. The molecule has 0 fully saturated rings. The van der Waals surface area contributed by atoms with E-state index in [1.807, 2.05) is 25.1 Å². The van der Waals surface area contributed by atoms with E-state index < -0.39 is 11.2 Å². The normalized spacial score (nSPS) is 13.2. The number of alkyl halides is 3. The van der Waals surface area contributed by atoms with E-state index >= 15 is 0 Å². The summed E-state index contributed by atoms with van der Waals surface area (Å²) in [6.45, 7) is 2.35. The molecule has 0 spiro atoms. The smallest absolute Gasteiger partial charge is 0.443 e. The van der Waals surface area contributed by atoms with Gasteiger partial charge in [-0.1, -0.05) is 18.2 Å². The van der Waals surface area contributed by atoms with Crippen LogP contribution in [0.5, 0.6) is 5.75 Å². The van der Waals surface area contributed by atoms with Crippen molar-refractivity contribution in [2.45, 2.75) is 19.1 Å². The number of nitrogens with zero attached hydrogens (tertiary/aromatic N) is 1. The molecule has 7 heteroatoms. The van der Waals surface area contributed by atoms with E-state index in [4.69, 9.17) is 4.74 Å². The predicted molar refractivity (Wildman–Crippen MR) is 75.6 cm³/mol. The number of thiazole rings is 1. The predicted octanol–water partition coefficient (Wildman–Crippen LogP) is 3.87. The van der Waals surface area contributed by atoms with Gasteiger partial charge in [-0.05, 0) is 20.0 Å². The van der Waals surface area contributed by atoms with E-state index in [-0.39, 0.29) is 6.04 Å². The summed E-state index contributed by atoms with van der Waals surface area (Å²) in [4.78, 5) is 3.97. The molecule has 1 unspecified atom stereocenters. The number of rotatable bonds is 5. The molecule has 0 saturated heterocycles. The van der Waals surface area contributed by atoms with Crippen LogP contribution in [0.1, 0.15) is 28.4 Å². The molecule has 1 aromatic heterocycles. The number of hydrogen-bond acceptors (Lipinski definition) is 4. The molecule has 1 N–H and O–H groups in total. The molecule has 1 aromatic carbocycles. The summed E-state index contributed by atoms with van der Waals surface area (Å²) in [7, 11) is 1.69. The molecule has 0 radical (unpaired) electrons. The van der Waals surface area contributed by atoms with Crippen LogP contribution < -0.4 is 10.1 Å². The summed E-state index contributed by atoms with van der Waals surface area (Å²) in [6.07, 6.45) is -3.15. The van der Waals surface area contributed by atoms with Crippen molar-refractivity contribution in [3.05, 3.63) is 45.9 Å². The highest BCUT2D eigenvalue weighted by Gasteiger charge is 2.35. The fourth-order valence-electron chi connectivity index (χ4n) is 2.01. The second kappa shape index (κ2) is 6.44. The first kappa shape index (κ1) is 15.8. The molecule has 0 amide bonds. The number of aromatic nitrogens is 1. The Balaban J connectivity index is 2.38. The molecule has 21 heavy (non-hydrogen) atoms. The minimum atomic E-state index is -4.42. The van der Waals surface area contributed by atoms with Crippen LogP contribution in [0.2, 0.25) is 0 Å². The SMILES string of the molecule is CCOc1ccccc1C(NC)c1cnc(C(F)(F)F)s1. The van der Waals surface area contributed by atoms with Crippen LogP contribution in [-0.4, -0.2) is 18.6 Å². The molecule has 2 aromatic rings. The Morgan fingerprint density at radius 3 is 2.62 bits per heavy atom. The molecule has 0 aliphatic heterocycles. The minimum absolute atomic E-state index is 0.388. The first-order valence-corrected chi connectivity index (χ1v) is 7.21. The van der Waals surface area contributed by atoms with Crippen molar-refractivity contribution in [1.29, 1.82) is 0 Å². The monoisotopic (exact) mass is 316 g/mol. The molecular weight excluding hydrogens is 301 g/mol.